The number of aliphatic carboxylic acids is 1. The molecule has 0 aromatic heterocycles. The Morgan fingerprint density at radius 1 is 1.05 bits per heavy atom. The molecule has 2 aromatic carbocycles. The molecule has 0 spiro atoms. The number of rotatable bonds is 2. The van der Waals surface area contributed by atoms with E-state index >= 15 is 0 Å². The summed E-state index contributed by atoms with van der Waals surface area (Å²) >= 11 is 0. The van der Waals surface area contributed by atoms with Crippen LogP contribution in [0.25, 0.3) is 10.8 Å². The van der Waals surface area contributed by atoms with Gasteiger partial charge in [0.2, 0.25) is 0 Å². The first-order chi connectivity index (χ1) is 10.6. The summed E-state index contributed by atoms with van der Waals surface area (Å²) in [7, 11) is 0. The molecule has 0 atom stereocenters. The lowest BCUT2D eigenvalue weighted by molar-refractivity contribution is -0.143. The van der Waals surface area contributed by atoms with Gasteiger partial charge in [0.15, 0.2) is 0 Å². The van der Waals surface area contributed by atoms with Gasteiger partial charge in [0.1, 0.15) is 5.75 Å². The molecule has 5 heteroatoms. The number of carboxylic acids is 1. The molecule has 3 rings (SSSR count). The van der Waals surface area contributed by atoms with Crippen molar-refractivity contribution in [2.75, 3.05) is 13.1 Å². The lowest BCUT2D eigenvalue weighted by Gasteiger charge is -2.30. The van der Waals surface area contributed by atoms with Gasteiger partial charge < -0.3 is 15.1 Å². The van der Waals surface area contributed by atoms with Crippen LogP contribution in [0.2, 0.25) is 0 Å². The molecular formula is C17H17NO4. The topological polar surface area (TPSA) is 77.8 Å². The molecule has 1 amide bonds. The van der Waals surface area contributed by atoms with E-state index in [9.17, 15) is 14.7 Å². The zero-order chi connectivity index (χ0) is 15.7. The van der Waals surface area contributed by atoms with Crippen LogP contribution in [0.1, 0.15) is 23.2 Å². The van der Waals surface area contributed by atoms with Crippen LogP contribution < -0.4 is 0 Å². The highest BCUT2D eigenvalue weighted by Crippen LogP contribution is 2.30. The molecule has 0 unspecified atom stereocenters. The summed E-state index contributed by atoms with van der Waals surface area (Å²) in [5, 5.41) is 20.9. The van der Waals surface area contributed by atoms with Gasteiger partial charge in [0, 0.05) is 18.5 Å². The highest BCUT2D eigenvalue weighted by molar-refractivity contribution is 6.03. The van der Waals surface area contributed by atoms with E-state index in [1.165, 1.54) is 0 Å². The number of fused-ring (bicyclic) bond motifs is 1. The summed E-state index contributed by atoms with van der Waals surface area (Å²) in [5.74, 6) is -1.44. The van der Waals surface area contributed by atoms with Crippen LogP contribution in [-0.4, -0.2) is 40.1 Å². The Morgan fingerprint density at radius 2 is 1.73 bits per heavy atom. The fraction of sp³-hybridized carbons (Fsp3) is 0.294. The van der Waals surface area contributed by atoms with Crippen LogP contribution >= 0.6 is 0 Å². The number of aromatic hydroxyl groups is 1. The van der Waals surface area contributed by atoms with E-state index in [0.29, 0.717) is 31.3 Å². The van der Waals surface area contributed by atoms with Crippen molar-refractivity contribution in [3.63, 3.8) is 0 Å². The number of likely N-dealkylation sites (tertiary alicyclic amines) is 1. The zero-order valence-electron chi connectivity index (χ0n) is 12.0. The Kier molecular flexibility index (Phi) is 3.71. The SMILES string of the molecule is O=C(O)C1CCN(C(=O)c2ccc3ccccc3c2O)CC1. The molecule has 0 bridgehead atoms. The first-order valence-electron chi connectivity index (χ1n) is 7.30. The van der Waals surface area contributed by atoms with Crippen molar-refractivity contribution >= 4 is 22.6 Å². The first kappa shape index (κ1) is 14.4. The molecular weight excluding hydrogens is 282 g/mol. The third-order valence-electron chi connectivity index (χ3n) is 4.26. The summed E-state index contributed by atoms with van der Waals surface area (Å²) < 4.78 is 0. The van der Waals surface area contributed by atoms with Gasteiger partial charge in [-0.3, -0.25) is 9.59 Å². The standard InChI is InChI=1S/C17H17NO4/c19-15-13-4-2-1-3-11(13)5-6-14(15)16(20)18-9-7-12(8-10-18)17(21)22/h1-6,12,19H,7-10H2,(H,21,22). The van der Waals surface area contributed by atoms with Crippen LogP contribution in [0.4, 0.5) is 0 Å². The molecule has 1 heterocycles. The Hall–Kier alpha value is -2.56. The predicted octanol–water partition coefficient (Wildman–Crippen LogP) is 2.48. The second-order valence-corrected chi connectivity index (χ2v) is 5.59. The summed E-state index contributed by atoms with van der Waals surface area (Å²) in [4.78, 5) is 25.1. The Labute approximate surface area is 127 Å². The maximum absolute atomic E-state index is 12.6. The van der Waals surface area contributed by atoms with Crippen molar-refractivity contribution in [3.8, 4) is 5.75 Å². The van der Waals surface area contributed by atoms with E-state index in [2.05, 4.69) is 0 Å². The predicted molar refractivity (Wildman–Crippen MR) is 81.9 cm³/mol. The smallest absolute Gasteiger partial charge is 0.306 e. The molecule has 0 radical (unpaired) electrons. The minimum absolute atomic E-state index is 0.0107. The number of carboxylic acid groups (broad SMARTS) is 1. The summed E-state index contributed by atoms with van der Waals surface area (Å²) in [6.45, 7) is 0.810. The maximum atomic E-state index is 12.6. The van der Waals surface area contributed by atoms with Crippen molar-refractivity contribution < 1.29 is 19.8 Å². The number of piperidine rings is 1. The third-order valence-corrected chi connectivity index (χ3v) is 4.26. The summed E-state index contributed by atoms with van der Waals surface area (Å²) in [5.41, 5.74) is 0.271. The van der Waals surface area contributed by atoms with Crippen molar-refractivity contribution in [1.82, 2.24) is 4.90 Å². The number of phenols is 1. The average molecular weight is 299 g/mol. The van der Waals surface area contributed by atoms with Crippen LogP contribution in [-0.2, 0) is 4.79 Å². The van der Waals surface area contributed by atoms with Gasteiger partial charge in [0.25, 0.3) is 5.91 Å². The van der Waals surface area contributed by atoms with Crippen LogP contribution in [0.15, 0.2) is 36.4 Å². The zero-order valence-corrected chi connectivity index (χ0v) is 12.0. The number of hydrogen-bond acceptors (Lipinski definition) is 3. The molecule has 1 aliphatic rings. The van der Waals surface area contributed by atoms with Gasteiger partial charge in [-0.15, -0.1) is 0 Å². The normalized spacial score (nSPS) is 15.9. The van der Waals surface area contributed by atoms with Crippen LogP contribution in [0.5, 0.6) is 5.75 Å². The summed E-state index contributed by atoms with van der Waals surface area (Å²) in [6.07, 6.45) is 0.908. The van der Waals surface area contributed by atoms with Gasteiger partial charge in [-0.1, -0.05) is 30.3 Å². The lowest BCUT2D eigenvalue weighted by atomic mass is 9.96. The third kappa shape index (κ3) is 2.50. The van der Waals surface area contributed by atoms with E-state index in [4.69, 9.17) is 5.11 Å². The minimum atomic E-state index is -0.805. The molecule has 5 nitrogen and oxygen atoms in total. The number of nitrogens with zero attached hydrogens (tertiary/aromatic N) is 1. The fourth-order valence-corrected chi connectivity index (χ4v) is 2.93. The van der Waals surface area contributed by atoms with Crippen LogP contribution in [0.3, 0.4) is 0 Å². The minimum Gasteiger partial charge on any atom is -0.506 e. The van der Waals surface area contributed by atoms with Gasteiger partial charge in [-0.25, -0.2) is 0 Å². The van der Waals surface area contributed by atoms with E-state index < -0.39 is 5.97 Å². The van der Waals surface area contributed by atoms with Gasteiger partial charge in [0.05, 0.1) is 11.5 Å². The molecule has 1 aliphatic heterocycles. The highest BCUT2D eigenvalue weighted by Gasteiger charge is 2.28. The van der Waals surface area contributed by atoms with Crippen molar-refractivity contribution in [1.29, 1.82) is 0 Å². The highest BCUT2D eigenvalue weighted by atomic mass is 16.4. The second kappa shape index (κ2) is 5.67. The van der Waals surface area contributed by atoms with Crippen LogP contribution in [0, 0.1) is 5.92 Å². The average Bonchev–Trinajstić information content (AvgIpc) is 2.55. The number of carbonyl (C=O) groups excluding carboxylic acids is 1. The molecule has 114 valence electrons. The molecule has 2 N–H and O–H groups in total. The number of hydrogen-bond donors (Lipinski definition) is 2. The van der Waals surface area contributed by atoms with E-state index in [1.807, 2.05) is 24.3 Å². The van der Waals surface area contributed by atoms with E-state index in [1.54, 1.807) is 17.0 Å². The van der Waals surface area contributed by atoms with Gasteiger partial charge >= 0.3 is 5.97 Å². The van der Waals surface area contributed by atoms with Gasteiger partial charge in [-0.05, 0) is 24.3 Å². The van der Waals surface area contributed by atoms with E-state index in [0.717, 1.165) is 5.39 Å². The fourth-order valence-electron chi connectivity index (χ4n) is 2.93. The maximum Gasteiger partial charge on any atom is 0.306 e. The van der Waals surface area contributed by atoms with Gasteiger partial charge in [-0.2, -0.15) is 0 Å². The molecule has 1 fully saturated rings. The number of carbonyl (C=O) groups is 2. The second-order valence-electron chi connectivity index (χ2n) is 5.59. The quantitative estimate of drug-likeness (QED) is 0.893. The van der Waals surface area contributed by atoms with E-state index in [-0.39, 0.29) is 23.1 Å². The Balaban J connectivity index is 1.84. The summed E-state index contributed by atoms with van der Waals surface area (Å²) in [6, 6.07) is 10.8. The van der Waals surface area contributed by atoms with Crippen molar-refractivity contribution in [3.05, 3.63) is 42.0 Å². The largest absolute Gasteiger partial charge is 0.506 e. The number of phenolic OH excluding ortho intramolecular Hbond substituents is 1. The van der Waals surface area contributed by atoms with Crippen molar-refractivity contribution in [2.24, 2.45) is 5.92 Å². The molecule has 2 aromatic rings. The lowest BCUT2D eigenvalue weighted by Crippen LogP contribution is -2.40. The monoisotopic (exact) mass is 299 g/mol. The Morgan fingerprint density at radius 3 is 2.41 bits per heavy atom. The van der Waals surface area contributed by atoms with Crippen molar-refractivity contribution in [2.45, 2.75) is 12.8 Å². The first-order valence-corrected chi connectivity index (χ1v) is 7.30. The number of benzene rings is 2. The number of amides is 1. The molecule has 0 saturated carbocycles. The molecule has 22 heavy (non-hydrogen) atoms. The molecule has 0 aliphatic carbocycles. The molecule has 1 saturated heterocycles. The Bertz CT molecular complexity index is 733.